The molecule has 0 aromatic rings. The van der Waals surface area contributed by atoms with Gasteiger partial charge in [-0.25, -0.2) is 0 Å². The van der Waals surface area contributed by atoms with Crippen LogP contribution in [0.2, 0.25) is 0 Å². The molecule has 0 aliphatic carbocycles. The Balaban J connectivity index is 4.04. The van der Waals surface area contributed by atoms with Crippen molar-refractivity contribution in [3.63, 3.8) is 0 Å². The molecule has 9 heavy (non-hydrogen) atoms. The summed E-state index contributed by atoms with van der Waals surface area (Å²) in [4.78, 5) is 0. The minimum Gasteiger partial charge on any atom is -0.185 e. The third-order valence-corrected chi connectivity index (χ3v) is 0.436. The van der Waals surface area contributed by atoms with Crippen molar-refractivity contribution >= 4 is 0 Å². The standard InChI is InChI=1S/C3H2F5N/c1-2(4)9(8)3(5,6)7/h1H2. The van der Waals surface area contributed by atoms with Crippen LogP contribution in [0.1, 0.15) is 0 Å². The summed E-state index contributed by atoms with van der Waals surface area (Å²) in [6.07, 6.45) is -5.33. The van der Waals surface area contributed by atoms with Crippen LogP contribution in [0.5, 0.6) is 0 Å². The lowest BCUT2D eigenvalue weighted by Gasteiger charge is -2.12. The highest BCUT2D eigenvalue weighted by atomic mass is 19.4. The molecule has 0 radical (unpaired) electrons. The Bertz CT molecular complexity index is 116. The van der Waals surface area contributed by atoms with Crippen molar-refractivity contribution in [2.45, 2.75) is 6.30 Å². The Morgan fingerprint density at radius 2 is 1.67 bits per heavy atom. The molecule has 0 rings (SSSR count). The molecular formula is C3H2F5N. The van der Waals surface area contributed by atoms with E-state index >= 15 is 0 Å². The molecule has 1 nitrogen and oxygen atoms in total. The SMILES string of the molecule is C=C(F)N(F)C(F)(F)F. The smallest absolute Gasteiger partial charge is 0.185 e. The molecule has 0 bridgehead atoms. The van der Waals surface area contributed by atoms with Gasteiger partial charge >= 0.3 is 6.30 Å². The summed E-state index contributed by atoms with van der Waals surface area (Å²) >= 11 is 0. The summed E-state index contributed by atoms with van der Waals surface area (Å²) in [6.45, 7) is 2.09. The number of hydrogen-bond acceptors (Lipinski definition) is 1. The van der Waals surface area contributed by atoms with Gasteiger partial charge in [-0.05, 0) is 6.58 Å². The van der Waals surface area contributed by atoms with Gasteiger partial charge in [0.15, 0.2) is 0 Å². The Kier molecular flexibility index (Phi) is 2.00. The first-order chi connectivity index (χ1) is 3.85. The van der Waals surface area contributed by atoms with Crippen LogP contribution >= 0.6 is 0 Å². The predicted octanol–water partition coefficient (Wildman–Crippen LogP) is 2.13. The lowest BCUT2D eigenvalue weighted by atomic mass is 10.9. The lowest BCUT2D eigenvalue weighted by Crippen LogP contribution is -2.27. The normalized spacial score (nSPS) is 11.2. The average Bonchev–Trinajstić information content (AvgIpc) is 1.62. The summed E-state index contributed by atoms with van der Waals surface area (Å²) in [5, 5.41) is -2.01. The van der Waals surface area contributed by atoms with Crippen LogP contribution in [0.15, 0.2) is 12.5 Å². The van der Waals surface area contributed by atoms with E-state index in [4.69, 9.17) is 0 Å². The number of alkyl halides is 3. The summed E-state index contributed by atoms with van der Waals surface area (Å²) in [7, 11) is 0. The van der Waals surface area contributed by atoms with E-state index < -0.39 is 17.4 Å². The number of nitrogens with zero attached hydrogens (tertiary/aromatic N) is 1. The third-order valence-electron chi connectivity index (χ3n) is 0.436. The molecule has 0 aliphatic heterocycles. The molecule has 0 spiro atoms. The van der Waals surface area contributed by atoms with Gasteiger partial charge in [0.1, 0.15) is 0 Å². The van der Waals surface area contributed by atoms with Crippen molar-refractivity contribution in [1.29, 1.82) is 0 Å². The molecule has 0 unspecified atom stereocenters. The fourth-order valence-corrected chi connectivity index (χ4v) is 0.138. The summed E-state index contributed by atoms with van der Waals surface area (Å²) in [5.74, 6) is -2.18. The van der Waals surface area contributed by atoms with Gasteiger partial charge < -0.3 is 0 Å². The molecule has 0 amide bonds. The maximum Gasteiger partial charge on any atom is 0.514 e. The summed E-state index contributed by atoms with van der Waals surface area (Å²) < 4.78 is 55.3. The van der Waals surface area contributed by atoms with E-state index in [1.165, 1.54) is 0 Å². The van der Waals surface area contributed by atoms with Crippen molar-refractivity contribution in [3.05, 3.63) is 12.5 Å². The van der Waals surface area contributed by atoms with E-state index in [1.807, 2.05) is 0 Å². The van der Waals surface area contributed by atoms with Crippen LogP contribution in [0.25, 0.3) is 0 Å². The van der Waals surface area contributed by atoms with Crippen molar-refractivity contribution < 1.29 is 22.0 Å². The minimum atomic E-state index is -5.33. The van der Waals surface area contributed by atoms with E-state index in [-0.39, 0.29) is 0 Å². The molecular weight excluding hydrogens is 145 g/mol. The van der Waals surface area contributed by atoms with E-state index in [1.54, 1.807) is 0 Å². The molecule has 54 valence electrons. The third kappa shape index (κ3) is 2.29. The van der Waals surface area contributed by atoms with Crippen LogP contribution in [-0.4, -0.2) is 11.4 Å². The van der Waals surface area contributed by atoms with Gasteiger partial charge in [-0.2, -0.15) is 4.39 Å². The Morgan fingerprint density at radius 3 is 1.67 bits per heavy atom. The van der Waals surface area contributed by atoms with Gasteiger partial charge in [0.25, 0.3) is 0 Å². The molecule has 0 fully saturated rings. The van der Waals surface area contributed by atoms with Crippen LogP contribution in [0.3, 0.4) is 0 Å². The molecule has 0 saturated heterocycles. The van der Waals surface area contributed by atoms with Gasteiger partial charge in [-0.1, -0.05) is 9.60 Å². The monoisotopic (exact) mass is 147 g/mol. The molecule has 6 heteroatoms. The molecule has 0 aromatic carbocycles. The minimum absolute atomic E-state index is 2.01. The molecule has 0 aromatic heterocycles. The highest BCUT2D eigenvalue weighted by Gasteiger charge is 2.39. The van der Waals surface area contributed by atoms with Crippen molar-refractivity contribution in [2.75, 3.05) is 0 Å². The average molecular weight is 147 g/mol. The maximum atomic E-state index is 11.3. The second-order valence-electron chi connectivity index (χ2n) is 1.12. The second-order valence-corrected chi connectivity index (χ2v) is 1.12. The van der Waals surface area contributed by atoms with Crippen LogP contribution in [0, 0.1) is 0 Å². The zero-order valence-electron chi connectivity index (χ0n) is 4.04. The molecule has 0 N–H and O–H groups in total. The van der Waals surface area contributed by atoms with Crippen molar-refractivity contribution in [2.24, 2.45) is 0 Å². The van der Waals surface area contributed by atoms with Crippen molar-refractivity contribution in [1.82, 2.24) is 5.12 Å². The zero-order chi connectivity index (χ0) is 7.65. The van der Waals surface area contributed by atoms with Crippen LogP contribution in [0.4, 0.5) is 22.0 Å². The van der Waals surface area contributed by atoms with E-state index in [0.29, 0.717) is 0 Å². The quantitative estimate of drug-likeness (QED) is 0.312. The Labute approximate surface area is 47.3 Å². The van der Waals surface area contributed by atoms with Crippen molar-refractivity contribution in [3.8, 4) is 0 Å². The fourth-order valence-electron chi connectivity index (χ4n) is 0.138. The summed E-state index contributed by atoms with van der Waals surface area (Å²) in [5.41, 5.74) is 0. The van der Waals surface area contributed by atoms with Gasteiger partial charge in [-0.3, -0.25) is 0 Å². The van der Waals surface area contributed by atoms with Crippen LogP contribution < -0.4 is 0 Å². The highest BCUT2D eigenvalue weighted by molar-refractivity contribution is 4.75. The number of hydrogen-bond donors (Lipinski definition) is 0. The Morgan fingerprint density at radius 1 is 1.33 bits per heavy atom. The van der Waals surface area contributed by atoms with Gasteiger partial charge in [0.05, 0.1) is 0 Å². The molecule has 0 atom stereocenters. The van der Waals surface area contributed by atoms with Gasteiger partial charge in [0.2, 0.25) is 5.95 Å². The van der Waals surface area contributed by atoms with E-state index in [2.05, 4.69) is 6.58 Å². The Hall–Kier alpha value is -0.810. The molecule has 0 heterocycles. The lowest BCUT2D eigenvalue weighted by molar-refractivity contribution is -0.302. The van der Waals surface area contributed by atoms with E-state index in [0.717, 1.165) is 0 Å². The summed E-state index contributed by atoms with van der Waals surface area (Å²) in [6, 6.07) is 0. The first-order valence-electron chi connectivity index (χ1n) is 1.73. The second kappa shape index (κ2) is 2.20. The largest absolute Gasteiger partial charge is 0.514 e. The fraction of sp³-hybridized carbons (Fsp3) is 0.333. The first-order valence-corrected chi connectivity index (χ1v) is 1.73. The van der Waals surface area contributed by atoms with Gasteiger partial charge in [-0.15, -0.1) is 13.2 Å². The van der Waals surface area contributed by atoms with Crippen LogP contribution in [-0.2, 0) is 0 Å². The zero-order valence-corrected chi connectivity index (χ0v) is 4.04. The maximum absolute atomic E-state index is 11.3. The number of rotatable bonds is 1. The number of halogens is 5. The first kappa shape index (κ1) is 8.19. The van der Waals surface area contributed by atoms with E-state index in [9.17, 15) is 22.0 Å². The highest BCUT2D eigenvalue weighted by Crippen LogP contribution is 2.25. The molecule has 0 saturated carbocycles. The predicted molar refractivity (Wildman–Crippen MR) is 19.2 cm³/mol. The topological polar surface area (TPSA) is 3.24 Å². The van der Waals surface area contributed by atoms with Gasteiger partial charge in [0, 0.05) is 0 Å². The molecule has 0 aliphatic rings.